The van der Waals surface area contributed by atoms with Gasteiger partial charge in [0.2, 0.25) is 0 Å². The second-order valence-electron chi connectivity index (χ2n) is 3.59. The van der Waals surface area contributed by atoms with Crippen LogP contribution in [0.1, 0.15) is 5.56 Å². The molecule has 0 bridgehead atoms. The van der Waals surface area contributed by atoms with Gasteiger partial charge in [0.05, 0.1) is 13.3 Å². The Labute approximate surface area is 89.3 Å². The molecular formula is C12H14N2O. The standard InChI is InChI=1S/C12H14N2O/c1-9-4-5-10(6-12(9)15-3)11-7-13-14(2)8-11/h4-8H,1-3H3. The van der Waals surface area contributed by atoms with Crippen LogP contribution in [-0.4, -0.2) is 16.9 Å². The van der Waals surface area contributed by atoms with Crippen molar-refractivity contribution in [1.29, 1.82) is 0 Å². The molecule has 0 amide bonds. The van der Waals surface area contributed by atoms with Gasteiger partial charge in [-0.1, -0.05) is 12.1 Å². The predicted molar refractivity (Wildman–Crippen MR) is 59.9 cm³/mol. The zero-order chi connectivity index (χ0) is 10.8. The van der Waals surface area contributed by atoms with Gasteiger partial charge >= 0.3 is 0 Å². The molecule has 0 N–H and O–H groups in total. The van der Waals surface area contributed by atoms with Crippen molar-refractivity contribution in [1.82, 2.24) is 9.78 Å². The Kier molecular flexibility index (Phi) is 2.46. The lowest BCUT2D eigenvalue weighted by molar-refractivity contribution is 0.412. The summed E-state index contributed by atoms with van der Waals surface area (Å²) in [5.41, 5.74) is 3.38. The average Bonchev–Trinajstić information content (AvgIpc) is 2.66. The highest BCUT2D eigenvalue weighted by molar-refractivity contribution is 5.64. The fourth-order valence-electron chi connectivity index (χ4n) is 1.57. The van der Waals surface area contributed by atoms with Crippen LogP contribution in [-0.2, 0) is 7.05 Å². The van der Waals surface area contributed by atoms with Crippen LogP contribution in [0.4, 0.5) is 0 Å². The van der Waals surface area contributed by atoms with Crippen LogP contribution < -0.4 is 4.74 Å². The Hall–Kier alpha value is -1.77. The third kappa shape index (κ3) is 1.86. The molecule has 0 saturated heterocycles. The van der Waals surface area contributed by atoms with Crippen molar-refractivity contribution in [3.05, 3.63) is 36.2 Å². The van der Waals surface area contributed by atoms with Crippen molar-refractivity contribution in [3.63, 3.8) is 0 Å². The van der Waals surface area contributed by atoms with Crippen molar-refractivity contribution in [2.24, 2.45) is 7.05 Å². The highest BCUT2D eigenvalue weighted by Gasteiger charge is 2.03. The molecule has 3 heteroatoms. The summed E-state index contributed by atoms with van der Waals surface area (Å²) in [6.07, 6.45) is 3.84. The van der Waals surface area contributed by atoms with Gasteiger partial charge in [0.25, 0.3) is 0 Å². The molecule has 1 aromatic carbocycles. The molecule has 0 radical (unpaired) electrons. The first-order valence-electron chi connectivity index (χ1n) is 4.84. The summed E-state index contributed by atoms with van der Waals surface area (Å²) in [6.45, 7) is 2.03. The van der Waals surface area contributed by atoms with E-state index in [0.717, 1.165) is 22.4 Å². The Balaban J connectivity index is 2.45. The van der Waals surface area contributed by atoms with Crippen molar-refractivity contribution in [3.8, 4) is 16.9 Å². The van der Waals surface area contributed by atoms with Crippen molar-refractivity contribution in [2.45, 2.75) is 6.92 Å². The number of ether oxygens (including phenoxy) is 1. The Morgan fingerprint density at radius 2 is 2.07 bits per heavy atom. The summed E-state index contributed by atoms with van der Waals surface area (Å²) in [4.78, 5) is 0. The first-order chi connectivity index (χ1) is 7.20. The van der Waals surface area contributed by atoms with Crippen LogP contribution in [0, 0.1) is 6.92 Å². The Bertz CT molecular complexity index is 474. The van der Waals surface area contributed by atoms with E-state index in [1.54, 1.807) is 11.8 Å². The van der Waals surface area contributed by atoms with E-state index in [-0.39, 0.29) is 0 Å². The molecule has 1 aromatic heterocycles. The highest BCUT2D eigenvalue weighted by atomic mass is 16.5. The van der Waals surface area contributed by atoms with Crippen molar-refractivity contribution < 1.29 is 4.74 Å². The highest BCUT2D eigenvalue weighted by Crippen LogP contribution is 2.26. The Morgan fingerprint density at radius 3 is 2.67 bits per heavy atom. The van der Waals surface area contributed by atoms with Gasteiger partial charge in [0.1, 0.15) is 5.75 Å². The summed E-state index contributed by atoms with van der Waals surface area (Å²) < 4.78 is 7.08. The quantitative estimate of drug-likeness (QED) is 0.747. The number of hydrogen-bond acceptors (Lipinski definition) is 2. The minimum atomic E-state index is 0.913. The molecule has 15 heavy (non-hydrogen) atoms. The SMILES string of the molecule is COc1cc(-c2cnn(C)c2)ccc1C. The third-order valence-corrected chi connectivity index (χ3v) is 2.45. The fourth-order valence-corrected chi connectivity index (χ4v) is 1.57. The van der Waals surface area contributed by atoms with Crippen molar-refractivity contribution in [2.75, 3.05) is 7.11 Å². The monoisotopic (exact) mass is 202 g/mol. The molecule has 0 unspecified atom stereocenters. The van der Waals surface area contributed by atoms with Gasteiger partial charge in [-0.3, -0.25) is 4.68 Å². The van der Waals surface area contributed by atoms with Gasteiger partial charge < -0.3 is 4.74 Å². The number of aromatic nitrogens is 2. The van der Waals surface area contributed by atoms with E-state index in [2.05, 4.69) is 17.2 Å². The summed E-state index contributed by atoms with van der Waals surface area (Å²) in [5.74, 6) is 0.913. The molecule has 0 aliphatic carbocycles. The molecule has 78 valence electrons. The van der Waals surface area contributed by atoms with Crippen LogP contribution in [0.25, 0.3) is 11.1 Å². The fraction of sp³-hybridized carbons (Fsp3) is 0.250. The van der Waals surface area contributed by atoms with Crippen LogP contribution >= 0.6 is 0 Å². The molecular weight excluding hydrogens is 188 g/mol. The largest absolute Gasteiger partial charge is 0.496 e. The lowest BCUT2D eigenvalue weighted by Gasteiger charge is -2.05. The first-order valence-corrected chi connectivity index (χ1v) is 4.84. The van der Waals surface area contributed by atoms with E-state index in [9.17, 15) is 0 Å². The van der Waals surface area contributed by atoms with E-state index >= 15 is 0 Å². The maximum absolute atomic E-state index is 5.29. The maximum Gasteiger partial charge on any atom is 0.122 e. The number of rotatable bonds is 2. The normalized spacial score (nSPS) is 10.3. The lowest BCUT2D eigenvalue weighted by atomic mass is 10.1. The molecule has 3 nitrogen and oxygen atoms in total. The second kappa shape index (κ2) is 3.77. The smallest absolute Gasteiger partial charge is 0.122 e. The molecule has 0 fully saturated rings. The van der Waals surface area contributed by atoms with Crippen LogP contribution in [0.15, 0.2) is 30.6 Å². The van der Waals surface area contributed by atoms with Gasteiger partial charge in [0.15, 0.2) is 0 Å². The molecule has 0 atom stereocenters. The number of benzene rings is 1. The topological polar surface area (TPSA) is 27.1 Å². The number of hydrogen-bond donors (Lipinski definition) is 0. The molecule has 0 aliphatic heterocycles. The molecule has 0 aliphatic rings. The lowest BCUT2D eigenvalue weighted by Crippen LogP contribution is -1.87. The van der Waals surface area contributed by atoms with Crippen molar-refractivity contribution >= 4 is 0 Å². The summed E-state index contributed by atoms with van der Waals surface area (Å²) in [5, 5.41) is 4.15. The predicted octanol–water partition coefficient (Wildman–Crippen LogP) is 2.40. The number of nitrogens with zero attached hydrogens (tertiary/aromatic N) is 2. The third-order valence-electron chi connectivity index (χ3n) is 2.45. The molecule has 2 rings (SSSR count). The summed E-state index contributed by atoms with van der Waals surface area (Å²) in [6, 6.07) is 6.17. The van der Waals surface area contributed by atoms with Crippen LogP contribution in [0.3, 0.4) is 0 Å². The summed E-state index contributed by atoms with van der Waals surface area (Å²) >= 11 is 0. The van der Waals surface area contributed by atoms with E-state index in [1.165, 1.54) is 0 Å². The zero-order valence-electron chi connectivity index (χ0n) is 9.19. The maximum atomic E-state index is 5.29. The molecule has 1 heterocycles. The zero-order valence-corrected chi connectivity index (χ0v) is 9.19. The van der Waals surface area contributed by atoms with Crippen LogP contribution in [0.2, 0.25) is 0 Å². The van der Waals surface area contributed by atoms with Gasteiger partial charge in [0, 0.05) is 18.8 Å². The molecule has 0 spiro atoms. The Morgan fingerprint density at radius 1 is 1.27 bits per heavy atom. The van der Waals surface area contributed by atoms with E-state index < -0.39 is 0 Å². The average molecular weight is 202 g/mol. The molecule has 0 saturated carbocycles. The second-order valence-corrected chi connectivity index (χ2v) is 3.59. The van der Waals surface area contributed by atoms with Gasteiger partial charge in [-0.25, -0.2) is 0 Å². The minimum Gasteiger partial charge on any atom is -0.496 e. The van der Waals surface area contributed by atoms with E-state index in [4.69, 9.17) is 4.74 Å². The van der Waals surface area contributed by atoms with Gasteiger partial charge in [-0.2, -0.15) is 5.10 Å². The number of aryl methyl sites for hydroxylation is 2. The summed E-state index contributed by atoms with van der Waals surface area (Å²) in [7, 11) is 3.60. The van der Waals surface area contributed by atoms with Gasteiger partial charge in [-0.15, -0.1) is 0 Å². The van der Waals surface area contributed by atoms with Gasteiger partial charge in [-0.05, 0) is 24.1 Å². The van der Waals surface area contributed by atoms with E-state index in [1.807, 2.05) is 32.4 Å². The minimum absolute atomic E-state index is 0.913. The first kappa shape index (κ1) is 9.77. The van der Waals surface area contributed by atoms with Crippen LogP contribution in [0.5, 0.6) is 5.75 Å². The molecule has 2 aromatic rings. The number of methoxy groups -OCH3 is 1. The van der Waals surface area contributed by atoms with E-state index in [0.29, 0.717) is 0 Å².